The molecule has 0 saturated heterocycles. The van der Waals surface area contributed by atoms with Crippen LogP contribution in [0, 0.1) is 0 Å². The Morgan fingerprint density at radius 1 is 1.04 bits per heavy atom. The molecule has 27 heavy (non-hydrogen) atoms. The Bertz CT molecular complexity index is 902. The number of nitrogens with zero attached hydrogens (tertiary/aromatic N) is 3. The van der Waals surface area contributed by atoms with Crippen LogP contribution < -0.4 is 9.64 Å². The first kappa shape index (κ1) is 19.0. The molecular weight excluding hydrogens is 379 g/mol. The summed E-state index contributed by atoms with van der Waals surface area (Å²) in [6, 6.07) is 15.7. The molecule has 0 aliphatic heterocycles. The number of halogens is 4. The molecule has 0 amide bonds. The Balaban J connectivity index is 1.91. The number of aromatic nitrogens is 2. The molecule has 1 aromatic heterocycles. The second-order valence-electron chi connectivity index (χ2n) is 5.70. The summed E-state index contributed by atoms with van der Waals surface area (Å²) in [5, 5.41) is 0.548. The van der Waals surface area contributed by atoms with Gasteiger partial charge in [-0.2, -0.15) is 18.2 Å². The second-order valence-corrected chi connectivity index (χ2v) is 6.13. The number of hydrogen-bond donors (Lipinski definition) is 0. The van der Waals surface area contributed by atoms with Crippen molar-refractivity contribution in [3.63, 3.8) is 0 Å². The maximum atomic E-state index is 13.3. The zero-order valence-corrected chi connectivity index (χ0v) is 15.0. The van der Waals surface area contributed by atoms with E-state index in [1.807, 2.05) is 6.07 Å². The summed E-state index contributed by atoms with van der Waals surface area (Å²) in [7, 11) is 1.65. The number of ether oxygens (including phenoxy) is 1. The van der Waals surface area contributed by atoms with E-state index in [1.165, 1.54) is 0 Å². The Labute approximate surface area is 159 Å². The Kier molecular flexibility index (Phi) is 5.51. The van der Waals surface area contributed by atoms with Crippen molar-refractivity contribution in [2.45, 2.75) is 12.8 Å². The second kappa shape index (κ2) is 7.84. The summed E-state index contributed by atoms with van der Waals surface area (Å²) in [4.78, 5) is 9.38. The molecule has 0 aliphatic carbocycles. The van der Waals surface area contributed by atoms with Crippen LogP contribution in [0.1, 0.15) is 11.1 Å². The molecule has 0 spiro atoms. The fourth-order valence-corrected chi connectivity index (χ4v) is 2.46. The van der Waals surface area contributed by atoms with E-state index < -0.39 is 17.6 Å². The summed E-state index contributed by atoms with van der Waals surface area (Å²) in [5.74, 6) is -0.439. The highest BCUT2D eigenvalue weighted by Gasteiger charge is 2.36. The lowest BCUT2D eigenvalue weighted by molar-refractivity contribution is -0.139. The fourth-order valence-electron chi connectivity index (χ4n) is 2.33. The standard InChI is InChI=1S/C19H15ClF3N3O/c1-26(15-9-7-14(20)8-10-15)18-24-11-16(19(21,22)23)17(25-18)27-12-13-5-3-2-4-6-13/h2-11H,12H2,1H3. The van der Waals surface area contributed by atoms with Crippen molar-refractivity contribution in [2.75, 3.05) is 11.9 Å². The molecular formula is C19H15ClF3N3O. The molecule has 0 unspecified atom stereocenters. The normalized spacial score (nSPS) is 11.3. The highest BCUT2D eigenvalue weighted by Crippen LogP contribution is 2.36. The van der Waals surface area contributed by atoms with Gasteiger partial charge in [0.05, 0.1) is 0 Å². The van der Waals surface area contributed by atoms with Gasteiger partial charge in [-0.05, 0) is 29.8 Å². The summed E-state index contributed by atoms with van der Waals surface area (Å²) in [6.07, 6.45) is -3.89. The highest BCUT2D eigenvalue weighted by molar-refractivity contribution is 6.30. The van der Waals surface area contributed by atoms with Crippen LogP contribution >= 0.6 is 11.6 Å². The number of benzene rings is 2. The molecule has 0 atom stereocenters. The van der Waals surface area contributed by atoms with Gasteiger partial charge < -0.3 is 9.64 Å². The van der Waals surface area contributed by atoms with Crippen LogP contribution in [0.15, 0.2) is 60.8 Å². The minimum Gasteiger partial charge on any atom is -0.472 e. The molecule has 0 aliphatic rings. The van der Waals surface area contributed by atoms with Crippen LogP contribution in [-0.2, 0) is 12.8 Å². The molecule has 4 nitrogen and oxygen atoms in total. The predicted octanol–water partition coefficient (Wildman–Crippen LogP) is 5.50. The molecule has 0 N–H and O–H groups in total. The molecule has 2 aromatic carbocycles. The molecule has 1 heterocycles. The van der Waals surface area contributed by atoms with Gasteiger partial charge in [0.15, 0.2) is 0 Å². The van der Waals surface area contributed by atoms with Crippen LogP contribution in [0.5, 0.6) is 5.88 Å². The third-order valence-corrected chi connectivity index (χ3v) is 4.03. The van der Waals surface area contributed by atoms with E-state index in [0.29, 0.717) is 10.7 Å². The molecule has 0 bridgehead atoms. The Morgan fingerprint density at radius 3 is 2.33 bits per heavy atom. The van der Waals surface area contributed by atoms with Gasteiger partial charge >= 0.3 is 6.18 Å². The van der Waals surface area contributed by atoms with Gasteiger partial charge in [0, 0.05) is 24.0 Å². The van der Waals surface area contributed by atoms with Gasteiger partial charge in [-0.15, -0.1) is 0 Å². The fraction of sp³-hybridized carbons (Fsp3) is 0.158. The zero-order valence-electron chi connectivity index (χ0n) is 14.2. The Hall–Kier alpha value is -2.80. The van der Waals surface area contributed by atoms with E-state index in [1.54, 1.807) is 60.5 Å². The van der Waals surface area contributed by atoms with Gasteiger partial charge in [-0.25, -0.2) is 4.98 Å². The SMILES string of the molecule is CN(c1ccc(Cl)cc1)c1ncc(C(F)(F)F)c(OCc2ccccc2)n1. The summed E-state index contributed by atoms with van der Waals surface area (Å²) in [5.41, 5.74) is 0.386. The molecule has 0 radical (unpaired) electrons. The molecule has 3 aromatic rings. The van der Waals surface area contributed by atoms with Crippen LogP contribution in [0.3, 0.4) is 0 Å². The van der Waals surface area contributed by atoms with Crippen molar-refractivity contribution < 1.29 is 17.9 Å². The first-order valence-electron chi connectivity index (χ1n) is 7.95. The van der Waals surface area contributed by atoms with Crippen LogP contribution in [0.25, 0.3) is 0 Å². The van der Waals surface area contributed by atoms with Crippen molar-refractivity contribution in [3.05, 3.63) is 76.9 Å². The van der Waals surface area contributed by atoms with Crippen LogP contribution in [0.2, 0.25) is 5.02 Å². The third-order valence-electron chi connectivity index (χ3n) is 3.78. The van der Waals surface area contributed by atoms with Crippen molar-refractivity contribution in [3.8, 4) is 5.88 Å². The third kappa shape index (κ3) is 4.68. The maximum absolute atomic E-state index is 13.3. The monoisotopic (exact) mass is 393 g/mol. The van der Waals surface area contributed by atoms with Gasteiger partial charge in [-0.1, -0.05) is 41.9 Å². The number of anilines is 2. The molecule has 140 valence electrons. The van der Waals surface area contributed by atoms with Crippen LogP contribution in [-0.4, -0.2) is 17.0 Å². The van der Waals surface area contributed by atoms with Gasteiger partial charge in [0.2, 0.25) is 11.8 Å². The first-order valence-corrected chi connectivity index (χ1v) is 8.32. The summed E-state index contributed by atoms with van der Waals surface area (Å²) >= 11 is 5.86. The van der Waals surface area contributed by atoms with E-state index in [-0.39, 0.29) is 12.6 Å². The minimum atomic E-state index is -4.62. The first-order chi connectivity index (χ1) is 12.8. The van der Waals surface area contributed by atoms with E-state index in [2.05, 4.69) is 9.97 Å². The van der Waals surface area contributed by atoms with Gasteiger partial charge in [0.25, 0.3) is 0 Å². The van der Waals surface area contributed by atoms with Crippen molar-refractivity contribution in [1.82, 2.24) is 9.97 Å². The number of hydrogen-bond acceptors (Lipinski definition) is 4. The highest BCUT2D eigenvalue weighted by atomic mass is 35.5. The topological polar surface area (TPSA) is 38.2 Å². The number of rotatable bonds is 5. The summed E-state index contributed by atoms with van der Waals surface area (Å²) < 4.78 is 45.2. The predicted molar refractivity (Wildman–Crippen MR) is 97.3 cm³/mol. The molecule has 8 heteroatoms. The van der Waals surface area contributed by atoms with Crippen molar-refractivity contribution in [1.29, 1.82) is 0 Å². The minimum absolute atomic E-state index is 0.0367. The summed E-state index contributed by atoms with van der Waals surface area (Å²) in [6.45, 7) is -0.0367. The zero-order chi connectivity index (χ0) is 19.4. The van der Waals surface area contributed by atoms with E-state index in [9.17, 15) is 13.2 Å². The van der Waals surface area contributed by atoms with Crippen molar-refractivity contribution in [2.24, 2.45) is 0 Å². The van der Waals surface area contributed by atoms with E-state index in [4.69, 9.17) is 16.3 Å². The lowest BCUT2D eigenvalue weighted by Gasteiger charge is -2.19. The van der Waals surface area contributed by atoms with Gasteiger partial charge in [-0.3, -0.25) is 0 Å². The smallest absolute Gasteiger partial charge is 0.423 e. The largest absolute Gasteiger partial charge is 0.472 e. The lowest BCUT2D eigenvalue weighted by atomic mass is 10.2. The van der Waals surface area contributed by atoms with Crippen molar-refractivity contribution >= 4 is 23.2 Å². The average Bonchev–Trinajstić information content (AvgIpc) is 2.66. The van der Waals surface area contributed by atoms with E-state index in [0.717, 1.165) is 11.8 Å². The molecule has 3 rings (SSSR count). The van der Waals surface area contributed by atoms with Crippen LogP contribution in [0.4, 0.5) is 24.8 Å². The average molecular weight is 394 g/mol. The van der Waals surface area contributed by atoms with E-state index >= 15 is 0 Å². The maximum Gasteiger partial charge on any atom is 0.423 e. The number of alkyl halides is 3. The molecule has 0 fully saturated rings. The Morgan fingerprint density at radius 2 is 1.70 bits per heavy atom. The quantitative estimate of drug-likeness (QED) is 0.574. The molecule has 0 saturated carbocycles. The van der Waals surface area contributed by atoms with Gasteiger partial charge in [0.1, 0.15) is 12.2 Å². The lowest BCUT2D eigenvalue weighted by Crippen LogP contribution is -2.17.